The summed E-state index contributed by atoms with van der Waals surface area (Å²) in [5.41, 5.74) is 6.65. The topological polar surface area (TPSA) is 32.3 Å². The van der Waals surface area contributed by atoms with Crippen molar-refractivity contribution in [2.75, 3.05) is 13.2 Å². The third kappa shape index (κ3) is 2.50. The largest absolute Gasteiger partial charge is 0.396 e. The van der Waals surface area contributed by atoms with Crippen molar-refractivity contribution in [1.82, 2.24) is 5.32 Å². The van der Waals surface area contributed by atoms with Gasteiger partial charge in [-0.1, -0.05) is 49.4 Å². The maximum Gasteiger partial charge on any atom is 0.0451 e. The summed E-state index contributed by atoms with van der Waals surface area (Å²) in [5.74, 6) is 0. The van der Waals surface area contributed by atoms with Crippen LogP contribution in [0.1, 0.15) is 37.0 Å². The van der Waals surface area contributed by atoms with Crippen LogP contribution in [-0.4, -0.2) is 18.3 Å². The Morgan fingerprint density at radius 3 is 2.62 bits per heavy atom. The highest BCUT2D eigenvalue weighted by molar-refractivity contribution is 5.77. The standard InChI is InChI=1S/C19H23NO/c1-3-20-19(2,10-11-21)16-8-9-18-15(13-16)12-14-6-4-5-7-17(14)18/h4-9,13,20-21H,3,10-12H2,1-2H3. The Bertz CT molecular complexity index is 642. The van der Waals surface area contributed by atoms with Crippen molar-refractivity contribution in [3.63, 3.8) is 0 Å². The predicted molar refractivity (Wildman–Crippen MR) is 87.4 cm³/mol. The molecule has 0 bridgehead atoms. The summed E-state index contributed by atoms with van der Waals surface area (Å²) in [6.07, 6.45) is 1.74. The van der Waals surface area contributed by atoms with E-state index in [4.69, 9.17) is 0 Å². The van der Waals surface area contributed by atoms with Gasteiger partial charge >= 0.3 is 0 Å². The number of benzene rings is 2. The van der Waals surface area contributed by atoms with Gasteiger partial charge in [-0.15, -0.1) is 0 Å². The number of aliphatic hydroxyl groups excluding tert-OH is 1. The molecule has 21 heavy (non-hydrogen) atoms. The van der Waals surface area contributed by atoms with Crippen LogP contribution < -0.4 is 5.32 Å². The Hall–Kier alpha value is -1.64. The lowest BCUT2D eigenvalue weighted by Gasteiger charge is -2.31. The first-order valence-electron chi connectivity index (χ1n) is 7.75. The molecule has 0 heterocycles. The molecule has 1 aliphatic rings. The highest BCUT2D eigenvalue weighted by Crippen LogP contribution is 2.38. The molecule has 1 atom stereocenters. The lowest BCUT2D eigenvalue weighted by molar-refractivity contribution is 0.223. The second kappa shape index (κ2) is 5.63. The first kappa shape index (κ1) is 14.3. The molecule has 2 heteroatoms. The SMILES string of the molecule is CCNC(C)(CCO)c1ccc2c(c1)Cc1ccccc1-2. The number of hydrogen-bond acceptors (Lipinski definition) is 2. The minimum atomic E-state index is -0.159. The number of nitrogens with one attached hydrogen (secondary N) is 1. The fraction of sp³-hybridized carbons (Fsp3) is 0.368. The molecule has 3 rings (SSSR count). The van der Waals surface area contributed by atoms with Crippen LogP contribution >= 0.6 is 0 Å². The second-order valence-corrected chi connectivity index (χ2v) is 6.04. The van der Waals surface area contributed by atoms with E-state index in [-0.39, 0.29) is 12.1 Å². The summed E-state index contributed by atoms with van der Waals surface area (Å²) in [6.45, 7) is 5.38. The number of rotatable bonds is 5. The Kier molecular flexibility index (Phi) is 3.83. The van der Waals surface area contributed by atoms with Gasteiger partial charge in [-0.2, -0.15) is 0 Å². The first-order valence-corrected chi connectivity index (χ1v) is 7.75. The fourth-order valence-corrected chi connectivity index (χ4v) is 3.44. The van der Waals surface area contributed by atoms with Crippen molar-refractivity contribution in [3.8, 4) is 11.1 Å². The van der Waals surface area contributed by atoms with Crippen molar-refractivity contribution < 1.29 is 5.11 Å². The van der Waals surface area contributed by atoms with Crippen LogP contribution in [0.5, 0.6) is 0 Å². The van der Waals surface area contributed by atoms with E-state index in [9.17, 15) is 5.11 Å². The van der Waals surface area contributed by atoms with Crippen molar-refractivity contribution in [2.45, 2.75) is 32.2 Å². The van der Waals surface area contributed by atoms with Crippen LogP contribution in [0.15, 0.2) is 42.5 Å². The predicted octanol–water partition coefficient (Wildman–Crippen LogP) is 3.46. The quantitative estimate of drug-likeness (QED) is 0.750. The molecule has 0 fully saturated rings. The van der Waals surface area contributed by atoms with Gasteiger partial charge in [-0.05, 0) is 54.1 Å². The van der Waals surface area contributed by atoms with Gasteiger partial charge in [0, 0.05) is 12.1 Å². The molecule has 0 spiro atoms. The molecule has 2 aromatic rings. The molecule has 2 nitrogen and oxygen atoms in total. The minimum absolute atomic E-state index is 0.159. The summed E-state index contributed by atoms with van der Waals surface area (Å²) in [5, 5.41) is 12.9. The molecule has 0 amide bonds. The average Bonchev–Trinajstić information content (AvgIpc) is 2.85. The van der Waals surface area contributed by atoms with E-state index in [1.807, 2.05) is 0 Å². The Balaban J connectivity index is 2.00. The lowest BCUT2D eigenvalue weighted by atomic mass is 9.86. The van der Waals surface area contributed by atoms with Crippen LogP contribution in [-0.2, 0) is 12.0 Å². The summed E-state index contributed by atoms with van der Waals surface area (Å²) in [6, 6.07) is 15.4. The Labute approximate surface area is 126 Å². The molecule has 0 aliphatic heterocycles. The van der Waals surface area contributed by atoms with E-state index in [0.29, 0.717) is 0 Å². The third-order valence-corrected chi connectivity index (χ3v) is 4.61. The van der Waals surface area contributed by atoms with Gasteiger partial charge in [0.1, 0.15) is 0 Å². The molecule has 1 unspecified atom stereocenters. The van der Waals surface area contributed by atoms with Crippen LogP contribution in [0.3, 0.4) is 0 Å². The van der Waals surface area contributed by atoms with E-state index >= 15 is 0 Å². The molecule has 2 N–H and O–H groups in total. The molecule has 110 valence electrons. The van der Waals surface area contributed by atoms with E-state index in [1.165, 1.54) is 27.8 Å². The first-order chi connectivity index (χ1) is 10.2. The number of aliphatic hydroxyl groups is 1. The van der Waals surface area contributed by atoms with Gasteiger partial charge in [-0.25, -0.2) is 0 Å². The average molecular weight is 281 g/mol. The van der Waals surface area contributed by atoms with Crippen molar-refractivity contribution >= 4 is 0 Å². The Morgan fingerprint density at radius 1 is 1.10 bits per heavy atom. The molecule has 0 aromatic heterocycles. The van der Waals surface area contributed by atoms with Gasteiger partial charge < -0.3 is 10.4 Å². The van der Waals surface area contributed by atoms with Crippen molar-refractivity contribution in [2.24, 2.45) is 0 Å². The molecular weight excluding hydrogens is 258 g/mol. The van der Waals surface area contributed by atoms with Gasteiger partial charge in [0.2, 0.25) is 0 Å². The zero-order valence-corrected chi connectivity index (χ0v) is 12.8. The zero-order valence-electron chi connectivity index (χ0n) is 12.8. The van der Waals surface area contributed by atoms with Gasteiger partial charge in [0.15, 0.2) is 0 Å². The van der Waals surface area contributed by atoms with E-state index < -0.39 is 0 Å². The van der Waals surface area contributed by atoms with Gasteiger partial charge in [0.25, 0.3) is 0 Å². The highest BCUT2D eigenvalue weighted by atomic mass is 16.3. The van der Waals surface area contributed by atoms with Crippen molar-refractivity contribution in [3.05, 3.63) is 59.2 Å². The van der Waals surface area contributed by atoms with Gasteiger partial charge in [0.05, 0.1) is 0 Å². The molecule has 0 saturated heterocycles. The lowest BCUT2D eigenvalue weighted by Crippen LogP contribution is -2.40. The van der Waals surface area contributed by atoms with Crippen LogP contribution in [0, 0.1) is 0 Å². The molecular formula is C19H23NO. The maximum absolute atomic E-state index is 9.39. The smallest absolute Gasteiger partial charge is 0.0451 e. The normalized spacial score (nSPS) is 15.4. The molecule has 0 saturated carbocycles. The maximum atomic E-state index is 9.39. The van der Waals surface area contributed by atoms with Gasteiger partial charge in [-0.3, -0.25) is 0 Å². The fourth-order valence-electron chi connectivity index (χ4n) is 3.44. The molecule has 2 aromatic carbocycles. The van der Waals surface area contributed by atoms with Crippen LogP contribution in [0.4, 0.5) is 0 Å². The summed E-state index contributed by atoms with van der Waals surface area (Å²) in [4.78, 5) is 0. The van der Waals surface area contributed by atoms with Crippen LogP contribution in [0.25, 0.3) is 11.1 Å². The summed E-state index contributed by atoms with van der Waals surface area (Å²) >= 11 is 0. The highest BCUT2D eigenvalue weighted by Gasteiger charge is 2.27. The monoisotopic (exact) mass is 281 g/mol. The third-order valence-electron chi connectivity index (χ3n) is 4.61. The second-order valence-electron chi connectivity index (χ2n) is 6.04. The Morgan fingerprint density at radius 2 is 1.86 bits per heavy atom. The number of hydrogen-bond donors (Lipinski definition) is 2. The van der Waals surface area contributed by atoms with Crippen LogP contribution in [0.2, 0.25) is 0 Å². The minimum Gasteiger partial charge on any atom is -0.396 e. The summed E-state index contributed by atoms with van der Waals surface area (Å²) in [7, 11) is 0. The number of fused-ring (bicyclic) bond motifs is 3. The van der Waals surface area contributed by atoms with Crippen molar-refractivity contribution in [1.29, 1.82) is 0 Å². The molecule has 1 aliphatic carbocycles. The van der Waals surface area contributed by atoms with E-state index in [2.05, 4.69) is 61.6 Å². The van der Waals surface area contributed by atoms with E-state index in [1.54, 1.807) is 0 Å². The summed E-state index contributed by atoms with van der Waals surface area (Å²) < 4.78 is 0. The van der Waals surface area contributed by atoms with E-state index in [0.717, 1.165) is 19.4 Å². The zero-order chi connectivity index (χ0) is 14.9. The molecule has 0 radical (unpaired) electrons.